The molecule has 1 aromatic heterocycles. The summed E-state index contributed by atoms with van der Waals surface area (Å²) in [5.74, 6) is 1.05. The second-order valence-corrected chi connectivity index (χ2v) is 5.24. The lowest BCUT2D eigenvalue weighted by Gasteiger charge is -2.18. The molecule has 0 unspecified atom stereocenters. The summed E-state index contributed by atoms with van der Waals surface area (Å²) in [5, 5.41) is 2.43. The van der Waals surface area contributed by atoms with Crippen molar-refractivity contribution in [2.75, 3.05) is 10.6 Å². The van der Waals surface area contributed by atoms with Crippen LogP contribution in [0.2, 0.25) is 0 Å². The van der Waals surface area contributed by atoms with E-state index in [0.29, 0.717) is 0 Å². The van der Waals surface area contributed by atoms with Gasteiger partial charge in [-0.15, -0.1) is 0 Å². The minimum atomic E-state index is 0.830. The number of anilines is 2. The Morgan fingerprint density at radius 1 is 0.950 bits per heavy atom. The molecule has 1 aliphatic heterocycles. The highest BCUT2D eigenvalue weighted by atomic mass is 15.2. The molecule has 2 aromatic carbocycles. The summed E-state index contributed by atoms with van der Waals surface area (Å²) in [6.07, 6.45) is 1.88. The highest BCUT2D eigenvalue weighted by Gasteiger charge is 2.21. The van der Waals surface area contributed by atoms with Crippen molar-refractivity contribution in [2.45, 2.75) is 13.1 Å². The number of fused-ring (bicyclic) bond motifs is 2. The average molecular weight is 261 g/mol. The molecule has 4 rings (SSSR count). The molecule has 0 amide bonds. The molecule has 2 heterocycles. The van der Waals surface area contributed by atoms with Gasteiger partial charge in [-0.3, -0.25) is 0 Å². The molecule has 3 nitrogen and oxygen atoms in total. The Balaban J connectivity index is 1.79. The van der Waals surface area contributed by atoms with Crippen molar-refractivity contribution in [3.8, 4) is 0 Å². The first kappa shape index (κ1) is 11.3. The third-order valence-electron chi connectivity index (χ3n) is 3.90. The predicted molar refractivity (Wildman–Crippen MR) is 82.5 cm³/mol. The molecule has 0 atom stereocenters. The van der Waals surface area contributed by atoms with E-state index >= 15 is 0 Å². The molecular formula is C17H15N3. The lowest BCUT2D eigenvalue weighted by atomic mass is 10.1. The Kier molecular flexibility index (Phi) is 2.39. The van der Waals surface area contributed by atoms with E-state index in [9.17, 15) is 0 Å². The van der Waals surface area contributed by atoms with Crippen LogP contribution in [0.15, 0.2) is 54.7 Å². The molecule has 0 saturated heterocycles. The van der Waals surface area contributed by atoms with Gasteiger partial charge >= 0.3 is 0 Å². The van der Waals surface area contributed by atoms with Crippen molar-refractivity contribution in [1.29, 1.82) is 0 Å². The van der Waals surface area contributed by atoms with Crippen molar-refractivity contribution >= 4 is 22.3 Å². The first-order chi connectivity index (χ1) is 9.81. The van der Waals surface area contributed by atoms with Gasteiger partial charge in [0.15, 0.2) is 0 Å². The second-order valence-electron chi connectivity index (χ2n) is 5.24. The molecule has 0 bridgehead atoms. The van der Waals surface area contributed by atoms with E-state index < -0.39 is 0 Å². The van der Waals surface area contributed by atoms with Crippen LogP contribution in [0.4, 0.5) is 11.5 Å². The van der Waals surface area contributed by atoms with Gasteiger partial charge < -0.3 is 10.6 Å². The highest BCUT2D eigenvalue weighted by Crippen LogP contribution is 2.32. The average Bonchev–Trinajstić information content (AvgIpc) is 2.89. The second kappa shape index (κ2) is 4.23. The lowest BCUT2D eigenvalue weighted by Crippen LogP contribution is -2.16. The molecule has 0 spiro atoms. The number of nitrogen functional groups attached to an aromatic ring is 1. The van der Waals surface area contributed by atoms with Gasteiger partial charge in [-0.2, -0.15) is 0 Å². The molecule has 0 aliphatic carbocycles. The molecule has 0 fully saturated rings. The minimum absolute atomic E-state index is 0.830. The number of aromatic nitrogens is 1. The topological polar surface area (TPSA) is 42.1 Å². The van der Waals surface area contributed by atoms with E-state index in [2.05, 4.69) is 52.3 Å². The summed E-state index contributed by atoms with van der Waals surface area (Å²) < 4.78 is 0. The van der Waals surface area contributed by atoms with Crippen molar-refractivity contribution < 1.29 is 0 Å². The van der Waals surface area contributed by atoms with Crippen LogP contribution in [0, 0.1) is 0 Å². The van der Waals surface area contributed by atoms with Gasteiger partial charge in [-0.25, -0.2) is 4.98 Å². The predicted octanol–water partition coefficient (Wildman–Crippen LogP) is 3.34. The summed E-state index contributed by atoms with van der Waals surface area (Å²) in [6, 6.07) is 16.6. The molecule has 3 aromatic rings. The third kappa shape index (κ3) is 1.71. The Bertz CT molecular complexity index is 790. The van der Waals surface area contributed by atoms with Crippen molar-refractivity contribution in [3.63, 3.8) is 0 Å². The summed E-state index contributed by atoms with van der Waals surface area (Å²) in [6.45, 7) is 1.78. The first-order valence-corrected chi connectivity index (χ1v) is 6.77. The number of hydrogen-bond donors (Lipinski definition) is 1. The lowest BCUT2D eigenvalue weighted by molar-refractivity contribution is 0.863. The Morgan fingerprint density at radius 3 is 2.75 bits per heavy atom. The maximum absolute atomic E-state index is 5.87. The van der Waals surface area contributed by atoms with Crippen LogP contribution in [-0.2, 0) is 13.1 Å². The first-order valence-electron chi connectivity index (χ1n) is 6.77. The van der Waals surface area contributed by atoms with Gasteiger partial charge in [-0.05, 0) is 34.7 Å². The zero-order valence-electron chi connectivity index (χ0n) is 11.1. The van der Waals surface area contributed by atoms with E-state index in [1.54, 1.807) is 0 Å². The van der Waals surface area contributed by atoms with Gasteiger partial charge in [0.1, 0.15) is 5.82 Å². The molecule has 98 valence electrons. The van der Waals surface area contributed by atoms with Gasteiger partial charge in [-0.1, -0.05) is 30.3 Å². The maximum atomic E-state index is 5.87. The quantitative estimate of drug-likeness (QED) is 0.683. The van der Waals surface area contributed by atoms with E-state index in [1.807, 2.05) is 12.3 Å². The van der Waals surface area contributed by atoms with Crippen molar-refractivity contribution in [2.24, 2.45) is 0 Å². The number of benzene rings is 2. The molecule has 0 radical (unpaired) electrons. The summed E-state index contributed by atoms with van der Waals surface area (Å²) >= 11 is 0. The van der Waals surface area contributed by atoms with Crippen LogP contribution in [-0.4, -0.2) is 4.98 Å². The fourth-order valence-electron chi connectivity index (χ4n) is 2.92. The van der Waals surface area contributed by atoms with Crippen molar-refractivity contribution in [1.82, 2.24) is 4.98 Å². The number of rotatable bonds is 1. The monoisotopic (exact) mass is 261 g/mol. The fourth-order valence-corrected chi connectivity index (χ4v) is 2.92. The van der Waals surface area contributed by atoms with E-state index in [0.717, 1.165) is 24.6 Å². The zero-order valence-corrected chi connectivity index (χ0v) is 11.1. The van der Waals surface area contributed by atoms with Crippen LogP contribution in [0.1, 0.15) is 11.1 Å². The van der Waals surface area contributed by atoms with E-state index in [4.69, 9.17) is 5.73 Å². The number of hydrogen-bond acceptors (Lipinski definition) is 3. The fraction of sp³-hybridized carbons (Fsp3) is 0.118. The van der Waals surface area contributed by atoms with Crippen LogP contribution in [0.25, 0.3) is 10.8 Å². The number of pyridine rings is 1. The summed E-state index contributed by atoms with van der Waals surface area (Å²) in [7, 11) is 0. The van der Waals surface area contributed by atoms with Gasteiger partial charge in [0.2, 0.25) is 0 Å². The largest absolute Gasteiger partial charge is 0.399 e. The minimum Gasteiger partial charge on any atom is -0.399 e. The zero-order chi connectivity index (χ0) is 13.5. The molecule has 0 saturated carbocycles. The van der Waals surface area contributed by atoms with Gasteiger partial charge in [0, 0.05) is 30.4 Å². The molecular weight excluding hydrogens is 246 g/mol. The maximum Gasteiger partial charge on any atom is 0.137 e. The normalized spacial score (nSPS) is 13.7. The molecule has 20 heavy (non-hydrogen) atoms. The number of nitrogens with two attached hydrogens (primary N) is 1. The Labute approximate surface area is 117 Å². The molecule has 1 aliphatic rings. The van der Waals surface area contributed by atoms with Gasteiger partial charge in [0.05, 0.1) is 0 Å². The van der Waals surface area contributed by atoms with Crippen LogP contribution < -0.4 is 10.6 Å². The smallest absolute Gasteiger partial charge is 0.137 e. The van der Waals surface area contributed by atoms with Crippen LogP contribution in [0.3, 0.4) is 0 Å². The molecule has 2 N–H and O–H groups in total. The Hall–Kier alpha value is -2.55. The van der Waals surface area contributed by atoms with Crippen LogP contribution >= 0.6 is 0 Å². The van der Waals surface area contributed by atoms with Crippen LogP contribution in [0.5, 0.6) is 0 Å². The SMILES string of the molecule is Nc1ccc2c(c1)CN(c1nccc3ccccc13)C2. The molecule has 3 heteroatoms. The summed E-state index contributed by atoms with van der Waals surface area (Å²) in [5.41, 5.74) is 9.35. The Morgan fingerprint density at radius 2 is 1.80 bits per heavy atom. The standard InChI is InChI=1S/C17H15N3/c18-15-6-5-13-10-20(11-14(13)9-15)17-16-4-2-1-3-12(16)7-8-19-17/h1-9H,10-11,18H2. The van der Waals surface area contributed by atoms with E-state index in [-0.39, 0.29) is 0 Å². The summed E-state index contributed by atoms with van der Waals surface area (Å²) in [4.78, 5) is 6.90. The highest BCUT2D eigenvalue weighted by molar-refractivity contribution is 5.92. The third-order valence-corrected chi connectivity index (χ3v) is 3.90. The van der Waals surface area contributed by atoms with E-state index in [1.165, 1.54) is 21.9 Å². The van der Waals surface area contributed by atoms with Crippen molar-refractivity contribution in [3.05, 3.63) is 65.9 Å². The number of nitrogens with zero attached hydrogens (tertiary/aromatic N) is 2. The van der Waals surface area contributed by atoms with Gasteiger partial charge in [0.25, 0.3) is 0 Å².